The zero-order valence-electron chi connectivity index (χ0n) is 15.6. The van der Waals surface area contributed by atoms with Gasteiger partial charge in [0.05, 0.1) is 31.0 Å². The minimum atomic E-state index is -4.98. The van der Waals surface area contributed by atoms with Gasteiger partial charge in [-0.1, -0.05) is 11.6 Å². The monoisotopic (exact) mass is 462 g/mol. The first-order valence-electron chi connectivity index (χ1n) is 8.11. The Balaban J connectivity index is 2.12. The largest absolute Gasteiger partial charge is 0.481 e. The van der Waals surface area contributed by atoms with Crippen molar-refractivity contribution < 1.29 is 31.8 Å². The van der Waals surface area contributed by atoms with Crippen LogP contribution in [-0.2, 0) is 6.18 Å². The number of hydrogen-bond donors (Lipinski definition) is 1. The number of aromatic amines is 1. The van der Waals surface area contributed by atoms with Gasteiger partial charge in [-0.15, -0.1) is 0 Å². The lowest BCUT2D eigenvalue weighted by atomic mass is 10.2. The van der Waals surface area contributed by atoms with E-state index in [4.69, 9.17) is 25.8 Å². The van der Waals surface area contributed by atoms with Gasteiger partial charge in [0, 0.05) is 12.1 Å². The number of hydrogen-bond acceptors (Lipinski definition) is 7. The highest BCUT2D eigenvalue weighted by molar-refractivity contribution is 6.32. The van der Waals surface area contributed by atoms with Gasteiger partial charge in [-0.3, -0.25) is 4.79 Å². The van der Waals surface area contributed by atoms with Crippen molar-refractivity contribution in [3.05, 3.63) is 61.6 Å². The van der Waals surface area contributed by atoms with E-state index in [1.54, 1.807) is 0 Å². The van der Waals surface area contributed by atoms with Crippen LogP contribution < -0.4 is 25.5 Å². The summed E-state index contributed by atoms with van der Waals surface area (Å²) in [5.74, 6) is -1.38. The molecule has 0 bridgehead atoms. The van der Waals surface area contributed by atoms with Crippen LogP contribution in [0.15, 0.2) is 33.9 Å². The van der Waals surface area contributed by atoms with E-state index in [2.05, 4.69) is 9.97 Å². The van der Waals surface area contributed by atoms with Gasteiger partial charge in [-0.25, -0.2) is 13.8 Å². The van der Waals surface area contributed by atoms with Crippen molar-refractivity contribution in [2.24, 2.45) is 0 Å². The van der Waals surface area contributed by atoms with Crippen molar-refractivity contribution in [1.82, 2.24) is 19.5 Å². The Morgan fingerprint density at radius 3 is 2.16 bits per heavy atom. The normalized spacial score (nSPS) is 11.3. The molecule has 9 nitrogen and oxygen atoms in total. The third kappa shape index (κ3) is 4.60. The van der Waals surface area contributed by atoms with Crippen molar-refractivity contribution >= 4 is 11.6 Å². The van der Waals surface area contributed by atoms with Crippen molar-refractivity contribution in [2.45, 2.75) is 6.18 Å². The van der Waals surface area contributed by atoms with Gasteiger partial charge in [0.15, 0.2) is 5.75 Å². The molecular formula is C17H11ClF4N4O5. The van der Waals surface area contributed by atoms with E-state index in [0.29, 0.717) is 6.07 Å². The van der Waals surface area contributed by atoms with Crippen LogP contribution in [0.3, 0.4) is 0 Å². The van der Waals surface area contributed by atoms with Crippen LogP contribution in [0.4, 0.5) is 17.6 Å². The molecule has 0 atom stereocenters. The summed E-state index contributed by atoms with van der Waals surface area (Å²) in [6, 6.07) is 2.64. The zero-order chi connectivity index (χ0) is 22.9. The maximum Gasteiger partial charge on any atom is 0.431 e. The number of halogens is 5. The lowest BCUT2D eigenvalue weighted by Crippen LogP contribution is -2.36. The van der Waals surface area contributed by atoms with E-state index >= 15 is 0 Å². The molecule has 0 fully saturated rings. The smallest absolute Gasteiger partial charge is 0.431 e. The van der Waals surface area contributed by atoms with Crippen molar-refractivity contribution in [1.29, 1.82) is 0 Å². The molecule has 0 saturated heterocycles. The molecule has 0 radical (unpaired) electrons. The molecule has 14 heteroatoms. The zero-order valence-corrected chi connectivity index (χ0v) is 16.3. The van der Waals surface area contributed by atoms with Crippen LogP contribution in [0.1, 0.15) is 5.69 Å². The second-order valence-electron chi connectivity index (χ2n) is 5.73. The third-order valence-electron chi connectivity index (χ3n) is 3.76. The molecule has 0 spiro atoms. The van der Waals surface area contributed by atoms with E-state index in [0.717, 1.165) is 6.07 Å². The summed E-state index contributed by atoms with van der Waals surface area (Å²) in [5, 5.41) is -0.303. The van der Waals surface area contributed by atoms with Crippen molar-refractivity contribution in [3.63, 3.8) is 0 Å². The summed E-state index contributed by atoms with van der Waals surface area (Å²) in [6.45, 7) is 0. The van der Waals surface area contributed by atoms with E-state index < -0.39 is 34.6 Å². The maximum atomic E-state index is 14.4. The second-order valence-corrected chi connectivity index (χ2v) is 6.14. The van der Waals surface area contributed by atoms with Crippen molar-refractivity contribution in [2.75, 3.05) is 14.2 Å². The number of alkyl halides is 3. The maximum absolute atomic E-state index is 14.4. The van der Waals surface area contributed by atoms with Gasteiger partial charge in [-0.2, -0.15) is 23.1 Å². The van der Waals surface area contributed by atoms with Gasteiger partial charge < -0.3 is 19.2 Å². The Kier molecular flexibility index (Phi) is 5.88. The molecule has 0 amide bonds. The van der Waals surface area contributed by atoms with Gasteiger partial charge in [0.1, 0.15) is 11.5 Å². The molecule has 0 unspecified atom stereocenters. The molecule has 0 aliphatic rings. The number of rotatable bonds is 5. The molecule has 164 valence electrons. The van der Waals surface area contributed by atoms with Crippen LogP contribution >= 0.6 is 11.6 Å². The minimum absolute atomic E-state index is 0.0516. The standard InChI is InChI=1S/C17H11ClF4N4O5/c1-29-12-6-13(30-2)25-15(24-12)31-10-4-9(8(19)3-7(10)18)26-14(27)5-11(17(20,21)22)23-16(26)28/h3-6H,1-2H3,(H,23,28). The highest BCUT2D eigenvalue weighted by Crippen LogP contribution is 2.33. The van der Waals surface area contributed by atoms with Gasteiger partial charge in [-0.05, 0) is 6.07 Å². The fourth-order valence-corrected chi connectivity index (χ4v) is 2.57. The second kappa shape index (κ2) is 8.26. The lowest BCUT2D eigenvalue weighted by molar-refractivity contribution is -0.141. The summed E-state index contributed by atoms with van der Waals surface area (Å²) in [6.07, 6.45) is -4.98. The number of ether oxygens (including phenoxy) is 3. The summed E-state index contributed by atoms with van der Waals surface area (Å²) < 4.78 is 68.2. The van der Waals surface area contributed by atoms with E-state index in [1.807, 2.05) is 0 Å². The summed E-state index contributed by atoms with van der Waals surface area (Å²) in [4.78, 5) is 33.5. The minimum Gasteiger partial charge on any atom is -0.481 e. The Morgan fingerprint density at radius 1 is 1.03 bits per heavy atom. The van der Waals surface area contributed by atoms with Crippen LogP contribution in [0.5, 0.6) is 23.5 Å². The van der Waals surface area contributed by atoms with Crippen LogP contribution in [0.2, 0.25) is 5.02 Å². The van der Waals surface area contributed by atoms with E-state index in [9.17, 15) is 27.2 Å². The quantitative estimate of drug-likeness (QED) is 0.581. The first-order chi connectivity index (χ1) is 14.5. The van der Waals surface area contributed by atoms with Crippen LogP contribution in [0.25, 0.3) is 5.69 Å². The molecule has 1 aromatic carbocycles. The fraction of sp³-hybridized carbons (Fsp3) is 0.176. The lowest BCUT2D eigenvalue weighted by Gasteiger charge is -2.12. The molecule has 31 heavy (non-hydrogen) atoms. The average Bonchev–Trinajstić information content (AvgIpc) is 2.69. The Labute approximate surface area is 174 Å². The summed E-state index contributed by atoms with van der Waals surface area (Å²) >= 11 is 5.95. The Hall–Kier alpha value is -3.61. The number of benzene rings is 1. The van der Waals surface area contributed by atoms with Gasteiger partial charge >= 0.3 is 17.9 Å². The average molecular weight is 463 g/mol. The number of aromatic nitrogens is 4. The summed E-state index contributed by atoms with van der Waals surface area (Å²) in [7, 11) is 2.63. The van der Waals surface area contributed by atoms with Crippen LogP contribution in [0, 0.1) is 5.82 Å². The molecule has 0 aliphatic heterocycles. The molecule has 0 saturated carbocycles. The molecule has 1 N–H and O–H groups in total. The fourth-order valence-electron chi connectivity index (χ4n) is 2.38. The molecular weight excluding hydrogens is 452 g/mol. The van der Waals surface area contributed by atoms with E-state index in [-0.39, 0.29) is 39.2 Å². The topological polar surface area (TPSA) is 108 Å². The highest BCUT2D eigenvalue weighted by Gasteiger charge is 2.33. The van der Waals surface area contributed by atoms with Crippen molar-refractivity contribution in [3.8, 4) is 29.2 Å². The Morgan fingerprint density at radius 2 is 1.65 bits per heavy atom. The first kappa shape index (κ1) is 22.1. The highest BCUT2D eigenvalue weighted by atomic mass is 35.5. The number of nitrogens with one attached hydrogen (secondary N) is 1. The number of nitrogens with zero attached hydrogens (tertiary/aromatic N) is 3. The SMILES string of the molecule is COc1cc(OC)nc(Oc2cc(-n3c(=O)cc(C(F)(F)F)[nH]c3=O)c(F)cc2Cl)n1. The predicted octanol–water partition coefficient (Wildman–Crippen LogP) is 2.94. The summed E-state index contributed by atoms with van der Waals surface area (Å²) in [5.41, 5.74) is -5.25. The van der Waals surface area contributed by atoms with Gasteiger partial charge in [0.2, 0.25) is 11.8 Å². The Bertz CT molecular complexity index is 1210. The molecule has 2 aromatic heterocycles. The van der Waals surface area contributed by atoms with Gasteiger partial charge in [0.25, 0.3) is 5.56 Å². The number of H-pyrrole nitrogens is 1. The molecule has 2 heterocycles. The van der Waals surface area contributed by atoms with Crippen LogP contribution in [-0.4, -0.2) is 33.7 Å². The predicted molar refractivity (Wildman–Crippen MR) is 97.8 cm³/mol. The molecule has 3 rings (SSSR count). The van der Waals surface area contributed by atoms with E-state index in [1.165, 1.54) is 25.3 Å². The number of methoxy groups -OCH3 is 2. The third-order valence-corrected chi connectivity index (χ3v) is 4.05. The molecule has 3 aromatic rings. The molecule has 0 aliphatic carbocycles. The first-order valence-corrected chi connectivity index (χ1v) is 8.49.